The van der Waals surface area contributed by atoms with Gasteiger partial charge in [0.15, 0.2) is 0 Å². The molecule has 6 nitrogen and oxygen atoms in total. The van der Waals surface area contributed by atoms with Gasteiger partial charge in [0, 0.05) is 11.1 Å². The van der Waals surface area contributed by atoms with E-state index < -0.39 is 10.8 Å². The molecule has 0 heterocycles. The number of nitro benzene ring substituents is 1. The van der Waals surface area contributed by atoms with Crippen LogP contribution < -0.4 is 10.1 Å². The number of anilines is 1. The molecule has 1 amide bonds. The van der Waals surface area contributed by atoms with E-state index in [0.717, 1.165) is 0 Å². The van der Waals surface area contributed by atoms with E-state index in [4.69, 9.17) is 16.3 Å². The SMILES string of the molecule is COc1ccc(Cl)cc1NC(=O)c1ccccc1[N+](=O)[O-]. The van der Waals surface area contributed by atoms with Gasteiger partial charge in [-0.05, 0) is 24.3 Å². The molecule has 0 unspecified atom stereocenters. The molecule has 0 aliphatic carbocycles. The molecule has 0 spiro atoms. The Bertz CT molecular complexity index is 703. The Morgan fingerprint density at radius 2 is 2.00 bits per heavy atom. The standard InChI is InChI=1S/C14H11ClN2O4/c1-21-13-7-6-9(15)8-11(13)16-14(18)10-4-2-3-5-12(10)17(19)20/h2-8H,1H3,(H,16,18). The highest BCUT2D eigenvalue weighted by Gasteiger charge is 2.20. The highest BCUT2D eigenvalue weighted by molar-refractivity contribution is 6.31. The first-order chi connectivity index (χ1) is 10.0. The van der Waals surface area contributed by atoms with E-state index in [2.05, 4.69) is 5.32 Å². The third kappa shape index (κ3) is 3.29. The number of para-hydroxylation sites is 1. The van der Waals surface area contributed by atoms with Crippen LogP contribution in [0.1, 0.15) is 10.4 Å². The quantitative estimate of drug-likeness (QED) is 0.692. The number of hydrogen-bond donors (Lipinski definition) is 1. The zero-order valence-electron chi connectivity index (χ0n) is 11.0. The van der Waals surface area contributed by atoms with E-state index in [9.17, 15) is 14.9 Å². The van der Waals surface area contributed by atoms with Crippen molar-refractivity contribution in [2.75, 3.05) is 12.4 Å². The zero-order chi connectivity index (χ0) is 15.4. The number of carbonyl (C=O) groups excluding carboxylic acids is 1. The van der Waals surface area contributed by atoms with Gasteiger partial charge in [0.25, 0.3) is 11.6 Å². The summed E-state index contributed by atoms with van der Waals surface area (Å²) in [6, 6.07) is 10.4. The summed E-state index contributed by atoms with van der Waals surface area (Å²) < 4.78 is 5.11. The maximum absolute atomic E-state index is 12.2. The molecule has 0 atom stereocenters. The van der Waals surface area contributed by atoms with Crippen LogP contribution in [-0.2, 0) is 0 Å². The number of hydrogen-bond acceptors (Lipinski definition) is 4. The summed E-state index contributed by atoms with van der Waals surface area (Å²) >= 11 is 5.87. The van der Waals surface area contributed by atoms with E-state index in [-0.39, 0.29) is 11.3 Å². The fourth-order valence-corrected chi connectivity index (χ4v) is 1.96. The third-order valence-corrected chi connectivity index (χ3v) is 2.99. The monoisotopic (exact) mass is 306 g/mol. The molecule has 1 N–H and O–H groups in total. The molecule has 0 fully saturated rings. The molecule has 0 aliphatic heterocycles. The average Bonchev–Trinajstić information content (AvgIpc) is 2.47. The van der Waals surface area contributed by atoms with Crippen LogP contribution in [0.2, 0.25) is 5.02 Å². The Morgan fingerprint density at radius 1 is 1.29 bits per heavy atom. The number of ether oxygens (including phenoxy) is 1. The van der Waals surface area contributed by atoms with Crippen LogP contribution in [0.4, 0.5) is 11.4 Å². The van der Waals surface area contributed by atoms with Gasteiger partial charge in [0.2, 0.25) is 0 Å². The van der Waals surface area contributed by atoms with Crippen molar-refractivity contribution in [3.05, 3.63) is 63.2 Å². The first kappa shape index (κ1) is 14.8. The van der Waals surface area contributed by atoms with Crippen LogP contribution in [0.15, 0.2) is 42.5 Å². The summed E-state index contributed by atoms with van der Waals surface area (Å²) in [6.45, 7) is 0. The fraction of sp³-hybridized carbons (Fsp3) is 0.0714. The fourth-order valence-electron chi connectivity index (χ4n) is 1.79. The van der Waals surface area contributed by atoms with Crippen LogP contribution in [-0.4, -0.2) is 17.9 Å². The molecule has 0 bridgehead atoms. The molecule has 108 valence electrons. The number of nitrogens with one attached hydrogen (secondary N) is 1. The van der Waals surface area contributed by atoms with Crippen LogP contribution in [0.5, 0.6) is 5.75 Å². The van der Waals surface area contributed by atoms with Crippen LogP contribution in [0.25, 0.3) is 0 Å². The Morgan fingerprint density at radius 3 is 2.67 bits per heavy atom. The first-order valence-corrected chi connectivity index (χ1v) is 6.29. The second-order valence-electron chi connectivity index (χ2n) is 4.07. The minimum atomic E-state index is -0.608. The lowest BCUT2D eigenvalue weighted by molar-refractivity contribution is -0.385. The van der Waals surface area contributed by atoms with Crippen LogP contribution >= 0.6 is 11.6 Å². The van der Waals surface area contributed by atoms with Crippen molar-refractivity contribution in [1.82, 2.24) is 0 Å². The number of halogens is 1. The van der Waals surface area contributed by atoms with E-state index >= 15 is 0 Å². The highest BCUT2D eigenvalue weighted by Crippen LogP contribution is 2.29. The molecule has 2 rings (SSSR count). The summed E-state index contributed by atoms with van der Waals surface area (Å²) in [5, 5.41) is 13.9. The van der Waals surface area contributed by atoms with Gasteiger partial charge in [-0.1, -0.05) is 23.7 Å². The maximum atomic E-state index is 12.2. The smallest absolute Gasteiger partial charge is 0.282 e. The normalized spacial score (nSPS) is 10.0. The molecule has 21 heavy (non-hydrogen) atoms. The topological polar surface area (TPSA) is 81.5 Å². The lowest BCUT2D eigenvalue weighted by Gasteiger charge is -2.10. The third-order valence-electron chi connectivity index (χ3n) is 2.76. The molecule has 0 aliphatic rings. The average molecular weight is 307 g/mol. The summed E-state index contributed by atoms with van der Waals surface area (Å²) in [7, 11) is 1.45. The molecule has 0 aromatic heterocycles. The largest absolute Gasteiger partial charge is 0.495 e. The van der Waals surface area contributed by atoms with Crippen LogP contribution in [0, 0.1) is 10.1 Å². The van der Waals surface area contributed by atoms with Crippen molar-refractivity contribution >= 4 is 28.9 Å². The summed E-state index contributed by atoms with van der Waals surface area (Å²) in [4.78, 5) is 22.5. The van der Waals surface area contributed by atoms with Gasteiger partial charge in [-0.2, -0.15) is 0 Å². The number of nitro groups is 1. The Hall–Kier alpha value is -2.60. The summed E-state index contributed by atoms with van der Waals surface area (Å²) in [5.41, 5.74) is 0.0358. The maximum Gasteiger partial charge on any atom is 0.282 e. The highest BCUT2D eigenvalue weighted by atomic mass is 35.5. The van der Waals surface area contributed by atoms with Gasteiger partial charge in [0.1, 0.15) is 11.3 Å². The van der Waals surface area contributed by atoms with Crippen molar-refractivity contribution in [3.63, 3.8) is 0 Å². The van der Waals surface area contributed by atoms with Gasteiger partial charge in [-0.25, -0.2) is 0 Å². The van der Waals surface area contributed by atoms with Crippen molar-refractivity contribution < 1.29 is 14.5 Å². The number of rotatable bonds is 4. The second kappa shape index (κ2) is 6.23. The zero-order valence-corrected chi connectivity index (χ0v) is 11.8. The van der Waals surface area contributed by atoms with Gasteiger partial charge < -0.3 is 10.1 Å². The summed E-state index contributed by atoms with van der Waals surface area (Å²) in [6.07, 6.45) is 0. The van der Waals surface area contributed by atoms with Gasteiger partial charge in [-0.3, -0.25) is 14.9 Å². The summed E-state index contributed by atoms with van der Waals surface area (Å²) in [5.74, 6) is -0.200. The number of amides is 1. The Kier molecular flexibility index (Phi) is 4.39. The molecular formula is C14H11ClN2O4. The minimum absolute atomic E-state index is 0.0375. The molecule has 0 radical (unpaired) electrons. The number of nitrogens with zero attached hydrogens (tertiary/aromatic N) is 1. The molecule has 0 saturated heterocycles. The van der Waals surface area contributed by atoms with E-state index in [0.29, 0.717) is 16.5 Å². The van der Waals surface area contributed by atoms with E-state index in [1.54, 1.807) is 18.2 Å². The minimum Gasteiger partial charge on any atom is -0.495 e. The number of benzene rings is 2. The van der Waals surface area contributed by atoms with Gasteiger partial charge >= 0.3 is 0 Å². The van der Waals surface area contributed by atoms with E-state index in [1.807, 2.05) is 0 Å². The lowest BCUT2D eigenvalue weighted by atomic mass is 10.1. The van der Waals surface area contributed by atoms with Crippen molar-refractivity contribution in [2.24, 2.45) is 0 Å². The van der Waals surface area contributed by atoms with Crippen molar-refractivity contribution in [3.8, 4) is 5.75 Å². The van der Waals surface area contributed by atoms with Crippen molar-refractivity contribution in [2.45, 2.75) is 0 Å². The predicted molar refractivity (Wildman–Crippen MR) is 79.1 cm³/mol. The Labute approximate surface area is 125 Å². The molecular weight excluding hydrogens is 296 g/mol. The second-order valence-corrected chi connectivity index (χ2v) is 4.51. The molecule has 0 saturated carbocycles. The molecule has 2 aromatic carbocycles. The first-order valence-electron chi connectivity index (χ1n) is 5.91. The molecule has 7 heteroatoms. The lowest BCUT2D eigenvalue weighted by Crippen LogP contribution is -2.14. The predicted octanol–water partition coefficient (Wildman–Crippen LogP) is 3.51. The number of methoxy groups -OCH3 is 1. The van der Waals surface area contributed by atoms with Gasteiger partial charge in [-0.15, -0.1) is 0 Å². The Balaban J connectivity index is 2.35. The molecule has 2 aromatic rings. The van der Waals surface area contributed by atoms with Crippen molar-refractivity contribution in [1.29, 1.82) is 0 Å². The van der Waals surface area contributed by atoms with E-state index in [1.165, 1.54) is 31.4 Å². The number of carbonyl (C=O) groups is 1. The van der Waals surface area contributed by atoms with Crippen LogP contribution in [0.3, 0.4) is 0 Å². The van der Waals surface area contributed by atoms with Gasteiger partial charge in [0.05, 0.1) is 17.7 Å².